The smallest absolute Gasteiger partial charge is 0.254 e. The molecule has 0 unspecified atom stereocenters. The lowest BCUT2D eigenvalue weighted by atomic mass is 10.1. The Labute approximate surface area is 164 Å². The second kappa shape index (κ2) is 8.71. The molecule has 0 saturated carbocycles. The molecule has 0 bridgehead atoms. The van der Waals surface area contributed by atoms with Crippen LogP contribution in [0.3, 0.4) is 0 Å². The van der Waals surface area contributed by atoms with Gasteiger partial charge >= 0.3 is 0 Å². The molecule has 8 heteroatoms. The monoisotopic (exact) mass is 401 g/mol. The highest BCUT2D eigenvalue weighted by Crippen LogP contribution is 2.21. The number of amides is 2. The van der Waals surface area contributed by atoms with Gasteiger partial charge in [0.25, 0.3) is 5.91 Å². The fraction of sp³-hybridized carbons (Fsp3) is 0.150. The average Bonchev–Trinajstić information content (AvgIpc) is 3.06. The molecule has 2 aromatic carbocycles. The fourth-order valence-corrected chi connectivity index (χ4v) is 3.43. The van der Waals surface area contributed by atoms with Gasteiger partial charge in [0.15, 0.2) is 5.13 Å². The summed E-state index contributed by atoms with van der Waals surface area (Å²) >= 11 is 1.34. The predicted molar refractivity (Wildman–Crippen MR) is 103 cm³/mol. The lowest BCUT2D eigenvalue weighted by Crippen LogP contribution is -2.33. The summed E-state index contributed by atoms with van der Waals surface area (Å²) < 4.78 is 26.5. The van der Waals surface area contributed by atoms with Gasteiger partial charge in [0.1, 0.15) is 11.6 Å². The molecular weight excluding hydrogens is 384 g/mol. The van der Waals surface area contributed by atoms with Crippen molar-refractivity contribution in [3.8, 4) is 0 Å². The molecule has 1 aromatic heterocycles. The lowest BCUT2D eigenvalue weighted by Gasteiger charge is -2.06. The maximum atomic E-state index is 13.6. The van der Waals surface area contributed by atoms with Crippen molar-refractivity contribution in [2.45, 2.75) is 13.3 Å². The van der Waals surface area contributed by atoms with E-state index in [-0.39, 0.29) is 12.1 Å². The van der Waals surface area contributed by atoms with Gasteiger partial charge in [0.05, 0.1) is 12.1 Å². The number of carbonyl (C=O) groups is 2. The maximum absolute atomic E-state index is 13.6. The van der Waals surface area contributed by atoms with E-state index in [2.05, 4.69) is 21.7 Å². The topological polar surface area (TPSA) is 71.1 Å². The number of aromatic nitrogens is 1. The molecule has 2 N–H and O–H groups in total. The Balaban J connectivity index is 1.52. The minimum Gasteiger partial charge on any atom is -0.343 e. The minimum atomic E-state index is -0.987. The Bertz CT molecular complexity index is 1020. The largest absolute Gasteiger partial charge is 0.343 e. The van der Waals surface area contributed by atoms with Crippen molar-refractivity contribution in [3.05, 3.63) is 81.9 Å². The number of hydrogen-bond acceptors (Lipinski definition) is 4. The van der Waals surface area contributed by atoms with E-state index in [1.807, 2.05) is 25.1 Å². The van der Waals surface area contributed by atoms with E-state index in [1.54, 1.807) is 6.20 Å². The van der Waals surface area contributed by atoms with Gasteiger partial charge < -0.3 is 10.6 Å². The maximum Gasteiger partial charge on any atom is 0.254 e. The van der Waals surface area contributed by atoms with Crippen LogP contribution in [0.1, 0.15) is 26.4 Å². The van der Waals surface area contributed by atoms with Gasteiger partial charge in [-0.15, -0.1) is 11.3 Å². The molecular formula is C20H17F2N3O2S. The lowest BCUT2D eigenvalue weighted by molar-refractivity contribution is -0.115. The Hall–Kier alpha value is -3.13. The molecule has 144 valence electrons. The van der Waals surface area contributed by atoms with Gasteiger partial charge in [-0.3, -0.25) is 9.59 Å². The van der Waals surface area contributed by atoms with Gasteiger partial charge in [-0.2, -0.15) is 0 Å². The van der Waals surface area contributed by atoms with E-state index >= 15 is 0 Å². The molecule has 0 aliphatic rings. The van der Waals surface area contributed by atoms with Crippen molar-refractivity contribution in [3.63, 3.8) is 0 Å². The van der Waals surface area contributed by atoms with Crippen molar-refractivity contribution < 1.29 is 18.4 Å². The summed E-state index contributed by atoms with van der Waals surface area (Å²) in [5, 5.41) is 5.30. The third-order valence-electron chi connectivity index (χ3n) is 3.85. The number of thiazole rings is 1. The minimum absolute atomic E-state index is 0.330. The zero-order valence-corrected chi connectivity index (χ0v) is 15.8. The number of aryl methyl sites for hydroxylation is 1. The second-order valence-corrected chi connectivity index (χ2v) is 7.27. The van der Waals surface area contributed by atoms with E-state index in [4.69, 9.17) is 0 Å². The number of anilines is 1. The van der Waals surface area contributed by atoms with Gasteiger partial charge in [-0.1, -0.05) is 29.8 Å². The Morgan fingerprint density at radius 1 is 1.14 bits per heavy atom. The molecule has 0 atom stereocenters. The van der Waals surface area contributed by atoms with E-state index < -0.39 is 23.4 Å². The van der Waals surface area contributed by atoms with Gasteiger partial charge in [-0.05, 0) is 24.6 Å². The summed E-state index contributed by atoms with van der Waals surface area (Å²) in [7, 11) is 0. The summed E-state index contributed by atoms with van der Waals surface area (Å²) in [6.07, 6.45) is 2.39. The first-order valence-corrected chi connectivity index (χ1v) is 9.26. The third kappa shape index (κ3) is 5.20. The highest BCUT2D eigenvalue weighted by atomic mass is 32.1. The molecule has 3 aromatic rings. The molecule has 5 nitrogen and oxygen atoms in total. The molecule has 0 aliphatic heterocycles. The number of benzene rings is 2. The van der Waals surface area contributed by atoms with Crippen LogP contribution in [0.4, 0.5) is 13.9 Å². The first-order chi connectivity index (χ1) is 13.4. The number of hydrogen-bond donors (Lipinski definition) is 2. The summed E-state index contributed by atoms with van der Waals surface area (Å²) in [5.41, 5.74) is 1.99. The molecule has 3 rings (SSSR count). The first-order valence-electron chi connectivity index (χ1n) is 8.44. The van der Waals surface area contributed by atoms with Crippen LogP contribution in [0.5, 0.6) is 0 Å². The van der Waals surface area contributed by atoms with Crippen LogP contribution >= 0.6 is 11.3 Å². The van der Waals surface area contributed by atoms with Crippen molar-refractivity contribution >= 4 is 28.3 Å². The number of nitrogens with one attached hydrogen (secondary N) is 2. The van der Waals surface area contributed by atoms with Crippen molar-refractivity contribution in [2.24, 2.45) is 0 Å². The average molecular weight is 401 g/mol. The van der Waals surface area contributed by atoms with Crippen LogP contribution in [0, 0.1) is 18.6 Å². The number of nitrogens with zero attached hydrogens (tertiary/aromatic N) is 1. The molecule has 0 aliphatic carbocycles. The highest BCUT2D eigenvalue weighted by Gasteiger charge is 2.14. The second-order valence-electron chi connectivity index (χ2n) is 6.15. The van der Waals surface area contributed by atoms with Crippen LogP contribution in [-0.4, -0.2) is 23.3 Å². The van der Waals surface area contributed by atoms with Crippen LogP contribution in [0.25, 0.3) is 0 Å². The van der Waals surface area contributed by atoms with Gasteiger partial charge in [0, 0.05) is 23.6 Å². The van der Waals surface area contributed by atoms with Crippen LogP contribution in [0.2, 0.25) is 0 Å². The van der Waals surface area contributed by atoms with Crippen molar-refractivity contribution in [2.75, 3.05) is 11.9 Å². The molecule has 28 heavy (non-hydrogen) atoms. The molecule has 0 fully saturated rings. The Morgan fingerprint density at radius 3 is 2.71 bits per heavy atom. The standard InChI is InChI=1S/C20H17F2N3O2S/c1-12-3-2-4-13(7-12)8-15-10-24-20(28-15)25-18(26)11-23-19(27)16-6-5-14(21)9-17(16)22/h2-7,9-10H,8,11H2,1H3,(H,23,27)(H,24,25,26). The molecule has 0 spiro atoms. The van der Waals surface area contributed by atoms with Crippen LogP contribution in [-0.2, 0) is 11.2 Å². The summed E-state index contributed by atoms with van der Waals surface area (Å²) in [6.45, 7) is 1.66. The number of rotatable bonds is 6. The van der Waals surface area contributed by atoms with E-state index in [0.717, 1.165) is 22.6 Å². The van der Waals surface area contributed by atoms with E-state index in [9.17, 15) is 18.4 Å². The van der Waals surface area contributed by atoms with Gasteiger partial charge in [-0.25, -0.2) is 13.8 Å². The SMILES string of the molecule is Cc1cccc(Cc2cnc(NC(=O)CNC(=O)c3ccc(F)cc3F)s2)c1. The Kier molecular flexibility index (Phi) is 6.10. The summed E-state index contributed by atoms with van der Waals surface area (Å²) in [5.74, 6) is -3.06. The first kappa shape index (κ1) is 19.6. The molecule has 0 radical (unpaired) electrons. The van der Waals surface area contributed by atoms with Crippen LogP contribution in [0.15, 0.2) is 48.7 Å². The number of halogens is 2. The van der Waals surface area contributed by atoms with Gasteiger partial charge in [0.2, 0.25) is 5.91 Å². The fourth-order valence-electron chi connectivity index (χ4n) is 2.56. The molecule has 2 amide bonds. The predicted octanol–water partition coefficient (Wildman–Crippen LogP) is 3.69. The van der Waals surface area contributed by atoms with Crippen molar-refractivity contribution in [1.29, 1.82) is 0 Å². The van der Waals surface area contributed by atoms with Crippen LogP contribution < -0.4 is 10.6 Å². The quantitative estimate of drug-likeness (QED) is 0.662. The Morgan fingerprint density at radius 2 is 1.96 bits per heavy atom. The normalized spacial score (nSPS) is 10.5. The van der Waals surface area contributed by atoms with E-state index in [0.29, 0.717) is 17.6 Å². The summed E-state index contributed by atoms with van der Waals surface area (Å²) in [6, 6.07) is 10.7. The molecule has 0 saturated heterocycles. The highest BCUT2D eigenvalue weighted by molar-refractivity contribution is 7.15. The molecule has 1 heterocycles. The zero-order chi connectivity index (χ0) is 20.1. The van der Waals surface area contributed by atoms with E-state index in [1.165, 1.54) is 16.9 Å². The third-order valence-corrected chi connectivity index (χ3v) is 4.76. The zero-order valence-electron chi connectivity index (χ0n) is 15.0. The number of carbonyl (C=O) groups excluding carboxylic acids is 2. The van der Waals surface area contributed by atoms with Crippen molar-refractivity contribution in [1.82, 2.24) is 10.3 Å². The summed E-state index contributed by atoms with van der Waals surface area (Å²) in [4.78, 5) is 29.0.